The highest BCUT2D eigenvalue weighted by atomic mass is 32.2. The largest absolute Gasteiger partial charge is 0.494 e. The minimum absolute atomic E-state index is 0.0690. The number of amides is 1. The minimum atomic E-state index is -3.96. The topological polar surface area (TPSA) is 88.1 Å². The molecule has 2 aromatic rings. The summed E-state index contributed by atoms with van der Waals surface area (Å²) in [4.78, 5) is 12.3. The Morgan fingerprint density at radius 3 is 2.21 bits per heavy atom. The summed E-state index contributed by atoms with van der Waals surface area (Å²) < 4.78 is 32.9. The van der Waals surface area contributed by atoms with Gasteiger partial charge in [0.05, 0.1) is 17.2 Å². The second kappa shape index (κ2) is 9.36. The number of carbonyl (C=O) groups excluding carboxylic acids is 1. The average Bonchev–Trinajstić information content (AvgIpc) is 2.66. The summed E-state index contributed by atoms with van der Waals surface area (Å²) in [5.74, 6) is 0.0464. The molecule has 0 spiro atoms. The van der Waals surface area contributed by atoms with Crippen molar-refractivity contribution in [2.75, 3.05) is 17.5 Å². The van der Waals surface area contributed by atoms with E-state index in [9.17, 15) is 13.2 Å². The Labute approximate surface area is 166 Å². The highest BCUT2D eigenvalue weighted by Crippen LogP contribution is 2.25. The molecule has 0 aliphatic heterocycles. The normalized spacial score (nSPS) is 10.9. The molecule has 2 aromatic carbocycles. The minimum Gasteiger partial charge on any atom is -0.494 e. The van der Waals surface area contributed by atoms with Gasteiger partial charge >= 0.3 is 0 Å². The third-order valence-electron chi connectivity index (χ3n) is 3.74. The molecule has 0 unspecified atom stereocenters. The molecule has 28 heavy (non-hydrogen) atoms. The highest BCUT2D eigenvalue weighted by Gasteiger charge is 2.27. The van der Waals surface area contributed by atoms with Gasteiger partial charge in [0.2, 0.25) is 0 Å². The number of sulfonamides is 1. The summed E-state index contributed by atoms with van der Waals surface area (Å²) in [6, 6.07) is 13.0. The van der Waals surface area contributed by atoms with Crippen LogP contribution in [0.2, 0.25) is 0 Å². The number of hydrogen-bond acceptors (Lipinski definition) is 5. The van der Waals surface area contributed by atoms with Gasteiger partial charge < -0.3 is 4.74 Å². The number of aryl methyl sites for hydroxylation is 1. The fourth-order valence-electron chi connectivity index (χ4n) is 2.37. The van der Waals surface area contributed by atoms with Crippen molar-refractivity contribution in [1.29, 1.82) is 0 Å². The summed E-state index contributed by atoms with van der Waals surface area (Å²) in [6.07, 6.45) is 0. The second-order valence-electron chi connectivity index (χ2n) is 6.35. The van der Waals surface area contributed by atoms with Gasteiger partial charge in [-0.25, -0.2) is 13.8 Å². The fourth-order valence-corrected chi connectivity index (χ4v) is 3.79. The number of hydrogen-bond donors (Lipinski definition) is 1. The van der Waals surface area contributed by atoms with E-state index in [1.54, 1.807) is 50.2 Å². The number of anilines is 1. The molecule has 1 amide bonds. The van der Waals surface area contributed by atoms with Crippen LogP contribution >= 0.6 is 0 Å². The molecule has 0 saturated heterocycles. The van der Waals surface area contributed by atoms with Crippen LogP contribution in [-0.4, -0.2) is 33.2 Å². The quantitative estimate of drug-likeness (QED) is 0.542. The van der Waals surface area contributed by atoms with Gasteiger partial charge in [-0.3, -0.25) is 9.10 Å². The molecule has 8 heteroatoms. The predicted octanol–water partition coefficient (Wildman–Crippen LogP) is 3.10. The molecule has 0 aromatic heterocycles. The maximum absolute atomic E-state index is 13.2. The summed E-state index contributed by atoms with van der Waals surface area (Å²) in [7, 11) is -3.96. The molecule has 0 heterocycles. The molecular weight excluding hydrogens is 378 g/mol. The van der Waals surface area contributed by atoms with Crippen LogP contribution in [0, 0.1) is 6.92 Å². The van der Waals surface area contributed by atoms with Crippen LogP contribution < -0.4 is 14.5 Å². The van der Waals surface area contributed by atoms with Crippen molar-refractivity contribution in [3.8, 4) is 5.75 Å². The molecule has 0 fully saturated rings. The molecule has 7 nitrogen and oxygen atoms in total. The molecule has 0 bridgehead atoms. The van der Waals surface area contributed by atoms with Crippen molar-refractivity contribution >= 4 is 27.3 Å². The number of benzene rings is 2. The molecule has 0 aliphatic rings. The van der Waals surface area contributed by atoms with Gasteiger partial charge in [0, 0.05) is 5.71 Å². The Morgan fingerprint density at radius 1 is 1.07 bits per heavy atom. The van der Waals surface area contributed by atoms with E-state index in [1.165, 1.54) is 12.1 Å². The molecule has 0 saturated carbocycles. The molecule has 0 radical (unpaired) electrons. The zero-order valence-electron chi connectivity index (χ0n) is 16.5. The van der Waals surface area contributed by atoms with Crippen molar-refractivity contribution in [2.45, 2.75) is 32.6 Å². The van der Waals surface area contributed by atoms with E-state index in [-0.39, 0.29) is 4.90 Å². The monoisotopic (exact) mass is 403 g/mol. The van der Waals surface area contributed by atoms with E-state index in [0.29, 0.717) is 23.8 Å². The van der Waals surface area contributed by atoms with Gasteiger partial charge in [0.15, 0.2) is 0 Å². The van der Waals surface area contributed by atoms with Crippen LogP contribution in [0.15, 0.2) is 58.5 Å². The molecular formula is C20H25N3O4S. The van der Waals surface area contributed by atoms with E-state index in [1.807, 2.05) is 13.8 Å². The van der Waals surface area contributed by atoms with Gasteiger partial charge in [0.1, 0.15) is 12.3 Å². The lowest BCUT2D eigenvalue weighted by molar-refractivity contribution is -0.119. The Hall–Kier alpha value is -2.87. The number of nitrogens with one attached hydrogen (secondary N) is 1. The Bertz CT molecular complexity index is 932. The standard InChI is InChI=1S/C20H25N3O4S/c1-5-27-18-10-12-19(13-11-18)28(25,26)23(14-20(24)22-21-15(2)3)17-8-6-16(4)7-9-17/h6-13H,5,14H2,1-4H3,(H,22,24). The van der Waals surface area contributed by atoms with E-state index in [4.69, 9.17) is 4.74 Å². The lowest BCUT2D eigenvalue weighted by Gasteiger charge is -2.24. The maximum atomic E-state index is 13.2. The van der Waals surface area contributed by atoms with E-state index < -0.39 is 22.5 Å². The summed E-state index contributed by atoms with van der Waals surface area (Å²) >= 11 is 0. The van der Waals surface area contributed by atoms with Gasteiger partial charge in [-0.15, -0.1) is 0 Å². The Kier molecular flexibility index (Phi) is 7.17. The maximum Gasteiger partial charge on any atom is 0.264 e. The third-order valence-corrected chi connectivity index (χ3v) is 5.52. The van der Waals surface area contributed by atoms with Crippen molar-refractivity contribution in [2.24, 2.45) is 5.10 Å². The van der Waals surface area contributed by atoms with Crippen LogP contribution in [0.4, 0.5) is 5.69 Å². The van der Waals surface area contributed by atoms with Crippen LogP contribution in [-0.2, 0) is 14.8 Å². The summed E-state index contributed by atoms with van der Waals surface area (Å²) in [5.41, 5.74) is 4.40. The molecule has 150 valence electrons. The Balaban J connectivity index is 2.39. The van der Waals surface area contributed by atoms with Crippen molar-refractivity contribution < 1.29 is 17.9 Å². The first-order chi connectivity index (χ1) is 13.2. The molecule has 0 aliphatic carbocycles. The van der Waals surface area contributed by atoms with Gasteiger partial charge in [0.25, 0.3) is 15.9 Å². The van der Waals surface area contributed by atoms with Crippen LogP contribution in [0.1, 0.15) is 26.3 Å². The van der Waals surface area contributed by atoms with Crippen molar-refractivity contribution in [1.82, 2.24) is 5.43 Å². The number of ether oxygens (including phenoxy) is 1. The van der Waals surface area contributed by atoms with Crippen molar-refractivity contribution in [3.63, 3.8) is 0 Å². The first kappa shape index (κ1) is 21.4. The molecule has 2 rings (SSSR count). The fraction of sp³-hybridized carbons (Fsp3) is 0.300. The number of rotatable bonds is 8. The predicted molar refractivity (Wildman–Crippen MR) is 110 cm³/mol. The molecule has 0 atom stereocenters. The first-order valence-electron chi connectivity index (χ1n) is 8.86. The number of carbonyl (C=O) groups is 1. The molecule has 1 N–H and O–H groups in total. The van der Waals surface area contributed by atoms with Crippen LogP contribution in [0.5, 0.6) is 5.75 Å². The summed E-state index contributed by atoms with van der Waals surface area (Å²) in [6.45, 7) is 7.31. The summed E-state index contributed by atoms with van der Waals surface area (Å²) in [5, 5.41) is 3.85. The number of nitrogens with zero attached hydrogens (tertiary/aromatic N) is 2. The van der Waals surface area contributed by atoms with Gasteiger partial charge in [-0.1, -0.05) is 17.7 Å². The lowest BCUT2D eigenvalue weighted by atomic mass is 10.2. The van der Waals surface area contributed by atoms with Crippen LogP contribution in [0.3, 0.4) is 0 Å². The van der Waals surface area contributed by atoms with E-state index in [2.05, 4.69) is 10.5 Å². The highest BCUT2D eigenvalue weighted by molar-refractivity contribution is 7.92. The first-order valence-corrected chi connectivity index (χ1v) is 10.3. The zero-order chi connectivity index (χ0) is 20.7. The Morgan fingerprint density at radius 2 is 1.68 bits per heavy atom. The number of hydrazone groups is 1. The van der Waals surface area contributed by atoms with Crippen molar-refractivity contribution in [3.05, 3.63) is 54.1 Å². The third kappa shape index (κ3) is 5.56. The van der Waals surface area contributed by atoms with Gasteiger partial charge in [-0.05, 0) is 64.1 Å². The van der Waals surface area contributed by atoms with E-state index in [0.717, 1.165) is 9.87 Å². The SMILES string of the molecule is CCOc1ccc(S(=O)(=O)N(CC(=O)NN=C(C)C)c2ccc(C)cc2)cc1. The second-order valence-corrected chi connectivity index (χ2v) is 8.21. The lowest BCUT2D eigenvalue weighted by Crippen LogP contribution is -2.39. The van der Waals surface area contributed by atoms with Crippen LogP contribution in [0.25, 0.3) is 0 Å². The average molecular weight is 404 g/mol. The smallest absolute Gasteiger partial charge is 0.264 e. The van der Waals surface area contributed by atoms with E-state index >= 15 is 0 Å². The zero-order valence-corrected chi connectivity index (χ0v) is 17.3. The van der Waals surface area contributed by atoms with Gasteiger partial charge in [-0.2, -0.15) is 5.10 Å².